The minimum absolute atomic E-state index is 0.189. The first-order valence-electron chi connectivity index (χ1n) is 13.0. The van der Waals surface area contributed by atoms with Crippen molar-refractivity contribution >= 4 is 5.82 Å². The molecule has 0 saturated carbocycles. The fourth-order valence-corrected chi connectivity index (χ4v) is 4.44. The third kappa shape index (κ3) is 7.42. The molecule has 0 aliphatic carbocycles. The summed E-state index contributed by atoms with van der Waals surface area (Å²) in [6.45, 7) is 7.70. The van der Waals surface area contributed by atoms with Crippen molar-refractivity contribution < 1.29 is 14.2 Å². The molecule has 1 aromatic heterocycles. The molecular weight excluding hydrogens is 452 g/mol. The van der Waals surface area contributed by atoms with Crippen LogP contribution in [0.5, 0.6) is 11.5 Å². The average Bonchev–Trinajstić information content (AvgIpc) is 2.94. The first-order valence-corrected chi connectivity index (χ1v) is 13.0. The molecule has 2 heterocycles. The molecule has 1 fully saturated rings. The molecule has 1 atom stereocenters. The summed E-state index contributed by atoms with van der Waals surface area (Å²) in [6.07, 6.45) is 7.76. The maximum atomic E-state index is 6.04. The highest BCUT2D eigenvalue weighted by Gasteiger charge is 2.14. The number of hydrogen-bond acceptors (Lipinski definition) is 7. The molecule has 1 saturated heterocycles. The van der Waals surface area contributed by atoms with E-state index in [-0.39, 0.29) is 6.04 Å². The van der Waals surface area contributed by atoms with Crippen LogP contribution in [0.4, 0.5) is 5.82 Å². The Morgan fingerprint density at radius 2 is 1.86 bits per heavy atom. The monoisotopic (exact) mass is 490 g/mol. The van der Waals surface area contributed by atoms with Gasteiger partial charge in [0.15, 0.2) is 11.5 Å². The molecule has 4 rings (SSSR count). The maximum absolute atomic E-state index is 6.04. The number of nitrogens with zero attached hydrogens (tertiary/aromatic N) is 3. The second-order valence-corrected chi connectivity index (χ2v) is 9.06. The van der Waals surface area contributed by atoms with E-state index in [9.17, 15) is 0 Å². The number of aromatic nitrogens is 2. The second kappa shape index (κ2) is 13.8. The van der Waals surface area contributed by atoms with Crippen LogP contribution in [0.25, 0.3) is 11.3 Å². The normalized spacial score (nSPS) is 14.8. The first kappa shape index (κ1) is 25.9. The van der Waals surface area contributed by atoms with Crippen LogP contribution >= 0.6 is 0 Å². The average molecular weight is 491 g/mol. The van der Waals surface area contributed by atoms with E-state index in [2.05, 4.69) is 46.4 Å². The summed E-state index contributed by atoms with van der Waals surface area (Å²) in [7, 11) is 1.67. The lowest BCUT2D eigenvalue weighted by atomic mass is 10.0. The quantitative estimate of drug-likeness (QED) is 0.313. The molecule has 0 spiro atoms. The lowest BCUT2D eigenvalue weighted by Gasteiger charge is -2.26. The predicted octanol–water partition coefficient (Wildman–Crippen LogP) is 5.60. The van der Waals surface area contributed by atoms with Crippen LogP contribution in [0.1, 0.15) is 44.2 Å². The largest absolute Gasteiger partial charge is 0.493 e. The van der Waals surface area contributed by atoms with Crippen molar-refractivity contribution in [1.82, 2.24) is 14.9 Å². The molecule has 7 nitrogen and oxygen atoms in total. The van der Waals surface area contributed by atoms with E-state index in [1.807, 2.05) is 24.3 Å². The van der Waals surface area contributed by atoms with E-state index in [0.717, 1.165) is 81.4 Å². The summed E-state index contributed by atoms with van der Waals surface area (Å²) in [5.41, 5.74) is 2.98. The van der Waals surface area contributed by atoms with Gasteiger partial charge in [-0.2, -0.15) is 0 Å². The van der Waals surface area contributed by atoms with Crippen molar-refractivity contribution in [1.29, 1.82) is 0 Å². The Balaban J connectivity index is 1.36. The number of hydrogen-bond donors (Lipinski definition) is 1. The van der Waals surface area contributed by atoms with Crippen LogP contribution in [0, 0.1) is 0 Å². The van der Waals surface area contributed by atoms with E-state index in [0.29, 0.717) is 12.4 Å². The first-order chi connectivity index (χ1) is 17.8. The third-order valence-corrected chi connectivity index (χ3v) is 6.43. The van der Waals surface area contributed by atoms with Crippen LogP contribution in [0.3, 0.4) is 0 Å². The molecule has 192 valence electrons. The smallest absolute Gasteiger partial charge is 0.161 e. The Bertz CT molecular complexity index is 1060. The summed E-state index contributed by atoms with van der Waals surface area (Å²) in [5.74, 6) is 2.21. The van der Waals surface area contributed by atoms with Crippen molar-refractivity contribution in [2.24, 2.45) is 0 Å². The van der Waals surface area contributed by atoms with Gasteiger partial charge in [0.2, 0.25) is 0 Å². The Labute approximate surface area is 214 Å². The number of nitrogens with one attached hydrogen (secondary N) is 1. The van der Waals surface area contributed by atoms with Gasteiger partial charge >= 0.3 is 0 Å². The van der Waals surface area contributed by atoms with Gasteiger partial charge in [0, 0.05) is 18.7 Å². The van der Waals surface area contributed by atoms with Crippen molar-refractivity contribution in [2.75, 3.05) is 51.9 Å². The zero-order valence-corrected chi connectivity index (χ0v) is 21.5. The fourth-order valence-electron chi connectivity index (χ4n) is 4.44. The van der Waals surface area contributed by atoms with Crippen molar-refractivity contribution in [3.8, 4) is 22.8 Å². The lowest BCUT2D eigenvalue weighted by Crippen LogP contribution is -2.36. The molecule has 2 aromatic carbocycles. The van der Waals surface area contributed by atoms with Crippen molar-refractivity contribution in [3.63, 3.8) is 0 Å². The minimum Gasteiger partial charge on any atom is -0.493 e. The summed E-state index contributed by atoms with van der Waals surface area (Å²) in [6, 6.07) is 16.6. The highest BCUT2D eigenvalue weighted by atomic mass is 16.5. The predicted molar refractivity (Wildman–Crippen MR) is 144 cm³/mol. The topological polar surface area (TPSA) is 68.7 Å². The number of unbranched alkanes of at least 4 members (excludes halogenated alkanes) is 1. The van der Waals surface area contributed by atoms with Gasteiger partial charge in [-0.25, -0.2) is 4.98 Å². The molecule has 0 radical (unpaired) electrons. The summed E-state index contributed by atoms with van der Waals surface area (Å²) < 4.78 is 17.1. The number of benzene rings is 2. The van der Waals surface area contributed by atoms with Gasteiger partial charge in [0.1, 0.15) is 5.82 Å². The maximum Gasteiger partial charge on any atom is 0.161 e. The second-order valence-electron chi connectivity index (χ2n) is 9.06. The van der Waals surface area contributed by atoms with E-state index in [1.54, 1.807) is 19.5 Å². The molecule has 1 aliphatic heterocycles. The highest BCUT2D eigenvalue weighted by Crippen LogP contribution is 2.32. The summed E-state index contributed by atoms with van der Waals surface area (Å²) in [5, 5.41) is 3.57. The SMILES string of the molecule is CCCC(Nc1cncc(-c2ccc(OCCCCN3CCOCC3)c(OC)c2)n1)c1ccccc1. The van der Waals surface area contributed by atoms with Crippen molar-refractivity contribution in [3.05, 3.63) is 66.5 Å². The Morgan fingerprint density at radius 1 is 1.03 bits per heavy atom. The fraction of sp³-hybridized carbons (Fsp3) is 0.448. The van der Waals surface area contributed by atoms with Gasteiger partial charge in [0.05, 0.1) is 51.1 Å². The molecule has 36 heavy (non-hydrogen) atoms. The van der Waals surface area contributed by atoms with E-state index < -0.39 is 0 Å². The van der Waals surface area contributed by atoms with Crippen LogP contribution in [0.2, 0.25) is 0 Å². The van der Waals surface area contributed by atoms with Crippen LogP contribution in [-0.4, -0.2) is 61.4 Å². The van der Waals surface area contributed by atoms with E-state index in [4.69, 9.17) is 19.2 Å². The van der Waals surface area contributed by atoms with E-state index >= 15 is 0 Å². The Kier molecular flexibility index (Phi) is 9.94. The zero-order valence-electron chi connectivity index (χ0n) is 21.5. The van der Waals surface area contributed by atoms with Gasteiger partial charge in [-0.15, -0.1) is 0 Å². The molecule has 1 aliphatic rings. The summed E-state index contributed by atoms with van der Waals surface area (Å²) >= 11 is 0. The summed E-state index contributed by atoms with van der Waals surface area (Å²) in [4.78, 5) is 11.7. The lowest BCUT2D eigenvalue weighted by molar-refractivity contribution is 0.0368. The molecule has 1 N–H and O–H groups in total. The minimum atomic E-state index is 0.189. The number of rotatable bonds is 13. The van der Waals surface area contributed by atoms with Gasteiger partial charge in [-0.05, 0) is 49.6 Å². The number of morpholine rings is 1. The van der Waals surface area contributed by atoms with Crippen molar-refractivity contribution in [2.45, 2.75) is 38.6 Å². The third-order valence-electron chi connectivity index (χ3n) is 6.43. The number of ether oxygens (including phenoxy) is 3. The molecule has 3 aromatic rings. The Hall–Kier alpha value is -3.16. The Morgan fingerprint density at radius 3 is 2.64 bits per heavy atom. The van der Waals surface area contributed by atoms with E-state index in [1.165, 1.54) is 5.56 Å². The van der Waals surface area contributed by atoms with Crippen LogP contribution in [0.15, 0.2) is 60.9 Å². The number of methoxy groups -OCH3 is 1. The number of anilines is 1. The molecule has 1 unspecified atom stereocenters. The van der Waals surface area contributed by atoms with Crippen LogP contribution in [-0.2, 0) is 4.74 Å². The molecule has 7 heteroatoms. The van der Waals surface area contributed by atoms with Gasteiger partial charge in [-0.1, -0.05) is 43.7 Å². The molecular formula is C29H38N4O3. The van der Waals surface area contributed by atoms with Gasteiger partial charge < -0.3 is 19.5 Å². The highest BCUT2D eigenvalue weighted by molar-refractivity contribution is 5.64. The standard InChI is InChI=1S/C29H38N4O3/c1-3-9-25(23-10-5-4-6-11-23)31-29-22-30-21-26(32-29)24-12-13-27(28(20-24)34-2)36-17-8-7-14-33-15-18-35-19-16-33/h4-6,10-13,20-22,25H,3,7-9,14-19H2,1-2H3,(H,31,32). The molecule has 0 bridgehead atoms. The zero-order chi connectivity index (χ0) is 25.0. The molecule has 0 amide bonds. The van der Waals surface area contributed by atoms with Gasteiger partial charge in [-0.3, -0.25) is 9.88 Å². The van der Waals surface area contributed by atoms with Crippen LogP contribution < -0.4 is 14.8 Å². The van der Waals surface area contributed by atoms with Gasteiger partial charge in [0.25, 0.3) is 0 Å².